The Bertz CT molecular complexity index is 187. The molecule has 0 aromatic carbocycles. The molecule has 2 fully saturated rings. The van der Waals surface area contributed by atoms with Gasteiger partial charge in [0, 0.05) is 0 Å². The van der Waals surface area contributed by atoms with Gasteiger partial charge in [0.2, 0.25) is 0 Å². The third-order valence-electron chi connectivity index (χ3n) is 4.53. The Balaban J connectivity index is 1.59. The first-order valence-electron chi connectivity index (χ1n) is 7.27. The molecular weight excluding hydrogens is 196 g/mol. The van der Waals surface area contributed by atoms with Crippen LogP contribution in [0.1, 0.15) is 45.4 Å². The summed E-state index contributed by atoms with van der Waals surface area (Å²) in [7, 11) is 0. The highest BCUT2D eigenvalue weighted by Gasteiger charge is 2.21. The summed E-state index contributed by atoms with van der Waals surface area (Å²) in [6.07, 6.45) is 8.62. The molecule has 16 heavy (non-hydrogen) atoms. The molecule has 0 aromatic rings. The molecule has 1 saturated carbocycles. The smallest absolute Gasteiger partial charge is 0.000825 e. The number of piperidine rings is 1. The quantitative estimate of drug-likeness (QED) is 0.766. The molecule has 1 aliphatic heterocycles. The maximum atomic E-state index is 3.72. The largest absolute Gasteiger partial charge is 0.316 e. The summed E-state index contributed by atoms with van der Waals surface area (Å²) in [4.78, 5) is 0. The molecule has 2 N–H and O–H groups in total. The standard InChI is InChI=1S/C14H28N2/c1-12-5-2-3-7-14(12)11-16-10-13-6-4-8-15-9-13/h12-16H,2-11H2,1H3. The van der Waals surface area contributed by atoms with Crippen molar-refractivity contribution in [1.29, 1.82) is 0 Å². The summed E-state index contributed by atoms with van der Waals surface area (Å²) in [5.41, 5.74) is 0. The summed E-state index contributed by atoms with van der Waals surface area (Å²) in [6.45, 7) is 7.39. The third kappa shape index (κ3) is 3.74. The zero-order valence-corrected chi connectivity index (χ0v) is 10.8. The van der Waals surface area contributed by atoms with Gasteiger partial charge in [-0.05, 0) is 63.2 Å². The maximum absolute atomic E-state index is 3.72. The molecule has 2 heteroatoms. The van der Waals surface area contributed by atoms with Gasteiger partial charge < -0.3 is 10.6 Å². The van der Waals surface area contributed by atoms with Crippen LogP contribution in [0.3, 0.4) is 0 Å². The fourth-order valence-electron chi connectivity index (χ4n) is 3.27. The van der Waals surface area contributed by atoms with E-state index in [1.807, 2.05) is 0 Å². The molecular formula is C14H28N2. The van der Waals surface area contributed by atoms with Crippen molar-refractivity contribution in [2.45, 2.75) is 45.4 Å². The average Bonchev–Trinajstić information content (AvgIpc) is 2.33. The highest BCUT2D eigenvalue weighted by Crippen LogP contribution is 2.28. The van der Waals surface area contributed by atoms with Crippen molar-refractivity contribution in [2.24, 2.45) is 17.8 Å². The van der Waals surface area contributed by atoms with Crippen molar-refractivity contribution in [3.8, 4) is 0 Å². The lowest BCUT2D eigenvalue weighted by atomic mass is 9.80. The minimum atomic E-state index is 0.882. The van der Waals surface area contributed by atoms with Crippen molar-refractivity contribution in [3.63, 3.8) is 0 Å². The zero-order chi connectivity index (χ0) is 11.2. The number of hydrogen-bond acceptors (Lipinski definition) is 2. The Labute approximate surface area is 101 Å². The van der Waals surface area contributed by atoms with Crippen molar-refractivity contribution in [3.05, 3.63) is 0 Å². The molecule has 0 amide bonds. The predicted molar refractivity (Wildman–Crippen MR) is 69.6 cm³/mol. The molecule has 2 aliphatic rings. The second-order valence-corrected chi connectivity index (χ2v) is 5.89. The predicted octanol–water partition coefficient (Wildman–Crippen LogP) is 2.40. The van der Waals surface area contributed by atoms with Crippen LogP contribution < -0.4 is 10.6 Å². The monoisotopic (exact) mass is 224 g/mol. The van der Waals surface area contributed by atoms with Gasteiger partial charge in [-0.2, -0.15) is 0 Å². The van der Waals surface area contributed by atoms with Gasteiger partial charge in [-0.25, -0.2) is 0 Å². The van der Waals surface area contributed by atoms with Crippen LogP contribution in [0.4, 0.5) is 0 Å². The molecule has 0 spiro atoms. The number of nitrogens with one attached hydrogen (secondary N) is 2. The Hall–Kier alpha value is -0.0800. The Morgan fingerprint density at radius 3 is 2.69 bits per heavy atom. The van der Waals surface area contributed by atoms with Gasteiger partial charge in [0.25, 0.3) is 0 Å². The lowest BCUT2D eigenvalue weighted by Crippen LogP contribution is -2.38. The minimum Gasteiger partial charge on any atom is -0.316 e. The van der Waals surface area contributed by atoms with Gasteiger partial charge in [0.1, 0.15) is 0 Å². The van der Waals surface area contributed by atoms with Crippen LogP contribution in [-0.2, 0) is 0 Å². The third-order valence-corrected chi connectivity index (χ3v) is 4.53. The minimum absolute atomic E-state index is 0.882. The lowest BCUT2D eigenvalue weighted by molar-refractivity contribution is 0.240. The molecule has 0 aromatic heterocycles. The van der Waals surface area contributed by atoms with E-state index in [1.54, 1.807) is 0 Å². The van der Waals surface area contributed by atoms with Crippen LogP contribution in [0.2, 0.25) is 0 Å². The van der Waals surface area contributed by atoms with E-state index in [-0.39, 0.29) is 0 Å². The molecule has 1 heterocycles. The summed E-state index contributed by atoms with van der Waals surface area (Å²) < 4.78 is 0. The second-order valence-electron chi connectivity index (χ2n) is 5.89. The zero-order valence-electron chi connectivity index (χ0n) is 10.8. The van der Waals surface area contributed by atoms with E-state index in [4.69, 9.17) is 0 Å². The molecule has 0 radical (unpaired) electrons. The average molecular weight is 224 g/mol. The number of hydrogen-bond donors (Lipinski definition) is 2. The van der Waals surface area contributed by atoms with E-state index in [0.29, 0.717) is 0 Å². The molecule has 1 aliphatic carbocycles. The van der Waals surface area contributed by atoms with E-state index in [0.717, 1.165) is 17.8 Å². The van der Waals surface area contributed by atoms with E-state index < -0.39 is 0 Å². The van der Waals surface area contributed by atoms with Crippen molar-refractivity contribution in [2.75, 3.05) is 26.2 Å². The van der Waals surface area contributed by atoms with Gasteiger partial charge >= 0.3 is 0 Å². The van der Waals surface area contributed by atoms with Gasteiger partial charge in [0.05, 0.1) is 0 Å². The fourth-order valence-corrected chi connectivity index (χ4v) is 3.27. The molecule has 94 valence electrons. The van der Waals surface area contributed by atoms with Crippen molar-refractivity contribution >= 4 is 0 Å². The van der Waals surface area contributed by atoms with Crippen LogP contribution in [0.5, 0.6) is 0 Å². The van der Waals surface area contributed by atoms with E-state index >= 15 is 0 Å². The molecule has 3 atom stereocenters. The van der Waals surface area contributed by atoms with Gasteiger partial charge in [-0.15, -0.1) is 0 Å². The van der Waals surface area contributed by atoms with E-state index in [2.05, 4.69) is 17.6 Å². The first kappa shape index (κ1) is 12.4. The van der Waals surface area contributed by atoms with Crippen LogP contribution in [0.15, 0.2) is 0 Å². The summed E-state index contributed by atoms with van der Waals surface area (Å²) >= 11 is 0. The van der Waals surface area contributed by atoms with Crippen molar-refractivity contribution in [1.82, 2.24) is 10.6 Å². The van der Waals surface area contributed by atoms with Crippen LogP contribution >= 0.6 is 0 Å². The first-order valence-corrected chi connectivity index (χ1v) is 7.27. The normalized spacial score (nSPS) is 36.2. The highest BCUT2D eigenvalue weighted by atomic mass is 14.9. The number of rotatable bonds is 4. The SMILES string of the molecule is CC1CCCCC1CNCC1CCCNC1. The Morgan fingerprint density at radius 2 is 1.94 bits per heavy atom. The van der Waals surface area contributed by atoms with Crippen LogP contribution in [0.25, 0.3) is 0 Å². The summed E-state index contributed by atoms with van der Waals surface area (Å²) in [5, 5.41) is 7.21. The molecule has 1 saturated heterocycles. The fraction of sp³-hybridized carbons (Fsp3) is 1.00. The molecule has 3 unspecified atom stereocenters. The molecule has 0 bridgehead atoms. The van der Waals surface area contributed by atoms with Gasteiger partial charge in [0.15, 0.2) is 0 Å². The first-order chi connectivity index (χ1) is 7.86. The summed E-state index contributed by atoms with van der Waals surface area (Å²) in [5.74, 6) is 2.78. The summed E-state index contributed by atoms with van der Waals surface area (Å²) in [6, 6.07) is 0. The highest BCUT2D eigenvalue weighted by molar-refractivity contribution is 4.76. The van der Waals surface area contributed by atoms with Crippen molar-refractivity contribution < 1.29 is 0 Å². The maximum Gasteiger partial charge on any atom is -0.000825 e. The topological polar surface area (TPSA) is 24.1 Å². The molecule has 2 nitrogen and oxygen atoms in total. The van der Waals surface area contributed by atoms with E-state index in [9.17, 15) is 0 Å². The van der Waals surface area contributed by atoms with Gasteiger partial charge in [-0.1, -0.05) is 26.2 Å². The Kier molecular flexibility index (Phi) is 5.11. The molecule has 2 rings (SSSR count). The van der Waals surface area contributed by atoms with Crippen LogP contribution in [0, 0.1) is 17.8 Å². The Morgan fingerprint density at radius 1 is 1.06 bits per heavy atom. The van der Waals surface area contributed by atoms with Gasteiger partial charge in [-0.3, -0.25) is 0 Å². The van der Waals surface area contributed by atoms with E-state index in [1.165, 1.54) is 64.7 Å². The second kappa shape index (κ2) is 6.61. The lowest BCUT2D eigenvalue weighted by Gasteiger charge is -2.30. The van der Waals surface area contributed by atoms with Crippen LogP contribution in [-0.4, -0.2) is 26.2 Å².